The zero-order valence-corrected chi connectivity index (χ0v) is 11.1. The highest BCUT2D eigenvalue weighted by molar-refractivity contribution is 6.58. The lowest BCUT2D eigenvalue weighted by Gasteiger charge is -2.20. The van der Waals surface area contributed by atoms with Gasteiger partial charge in [-0.05, 0) is 13.0 Å². The van der Waals surface area contributed by atoms with Crippen LogP contribution in [0.15, 0.2) is 29.4 Å². The van der Waals surface area contributed by atoms with Gasteiger partial charge >= 0.3 is 6.09 Å². The number of ether oxygens (including phenoxy) is 1. The fourth-order valence-corrected chi connectivity index (χ4v) is 1.39. The summed E-state index contributed by atoms with van der Waals surface area (Å²) >= 11 is 0. The zero-order valence-electron chi connectivity index (χ0n) is 11.1. The van der Waals surface area contributed by atoms with Crippen molar-refractivity contribution in [1.29, 1.82) is 0 Å². The molecule has 0 saturated heterocycles. The molecule has 100 valence electrons. The summed E-state index contributed by atoms with van der Waals surface area (Å²) in [5.74, 6) is 0. The topological polar surface area (TPSA) is 60.4 Å². The second-order valence-corrected chi connectivity index (χ2v) is 3.58. The van der Waals surface area contributed by atoms with E-state index in [2.05, 4.69) is 9.89 Å². The quantitative estimate of drug-likeness (QED) is 0.461. The number of hydrogen-bond donors (Lipinski definition) is 0. The molecular weight excluding hydrogens is 247 g/mol. The molecule has 0 aromatic heterocycles. The highest BCUT2D eigenvalue weighted by atomic mass is 16.7. The summed E-state index contributed by atoms with van der Waals surface area (Å²) < 4.78 is 4.63. The third-order valence-electron chi connectivity index (χ3n) is 2.16. The summed E-state index contributed by atoms with van der Waals surface area (Å²) in [4.78, 5) is 21.6. The Bertz CT molecular complexity index is 461. The number of hydroxylamine groups is 1. The number of benzene rings is 1. The van der Waals surface area contributed by atoms with Gasteiger partial charge in [0.15, 0.2) is 0 Å². The van der Waals surface area contributed by atoms with E-state index in [0.717, 1.165) is 5.06 Å². The summed E-state index contributed by atoms with van der Waals surface area (Å²) in [5.41, 5.74) is 1.54. The Morgan fingerprint density at radius 2 is 2.05 bits per heavy atom. The molecule has 0 N–H and O–H groups in total. The van der Waals surface area contributed by atoms with Crippen LogP contribution in [0.5, 0.6) is 0 Å². The van der Waals surface area contributed by atoms with E-state index in [9.17, 15) is 4.79 Å². The molecule has 0 atom stereocenters. The SMILES string of the molecule is [B]/C(C)=N/OCc1ccccc1N(OC)C(=O)OC. The summed E-state index contributed by atoms with van der Waals surface area (Å²) in [7, 11) is 8.01. The van der Waals surface area contributed by atoms with E-state index in [-0.39, 0.29) is 6.61 Å². The van der Waals surface area contributed by atoms with Crippen molar-refractivity contribution in [3.8, 4) is 0 Å². The standard InChI is InChI=1S/C12H15BN2O4/c1-9(13)14-19-8-10-6-4-5-7-11(10)15(18-3)12(16)17-2/h4-7H,8H2,1-3H3/b14-9+. The molecular formula is C12H15BN2O4. The molecule has 0 spiro atoms. The molecule has 0 fully saturated rings. The maximum Gasteiger partial charge on any atom is 0.438 e. The van der Waals surface area contributed by atoms with Crippen LogP contribution in [0.3, 0.4) is 0 Å². The Morgan fingerprint density at radius 1 is 1.37 bits per heavy atom. The first-order valence-corrected chi connectivity index (χ1v) is 5.52. The van der Waals surface area contributed by atoms with E-state index >= 15 is 0 Å². The van der Waals surface area contributed by atoms with Crippen LogP contribution in [-0.2, 0) is 21.0 Å². The minimum atomic E-state index is -0.631. The van der Waals surface area contributed by atoms with Gasteiger partial charge in [-0.25, -0.2) is 4.79 Å². The normalized spacial score (nSPS) is 11.0. The molecule has 0 aliphatic rings. The van der Waals surface area contributed by atoms with Gasteiger partial charge in [-0.3, -0.25) is 4.84 Å². The van der Waals surface area contributed by atoms with E-state index in [1.165, 1.54) is 14.2 Å². The van der Waals surface area contributed by atoms with E-state index in [1.54, 1.807) is 25.1 Å². The maximum absolute atomic E-state index is 11.6. The highest BCUT2D eigenvalue weighted by Crippen LogP contribution is 2.22. The third kappa shape index (κ3) is 4.29. The number of rotatable bonds is 5. The van der Waals surface area contributed by atoms with Crippen molar-refractivity contribution in [2.24, 2.45) is 5.16 Å². The van der Waals surface area contributed by atoms with E-state index in [1.807, 2.05) is 6.07 Å². The molecule has 0 aliphatic heterocycles. The van der Waals surface area contributed by atoms with Gasteiger partial charge < -0.3 is 9.57 Å². The van der Waals surface area contributed by atoms with Gasteiger partial charge in [0, 0.05) is 11.2 Å². The average molecular weight is 262 g/mol. The first kappa shape index (κ1) is 15.0. The van der Waals surface area contributed by atoms with Crippen LogP contribution in [0.1, 0.15) is 12.5 Å². The van der Waals surface area contributed by atoms with Crippen molar-refractivity contribution in [3.63, 3.8) is 0 Å². The first-order valence-electron chi connectivity index (χ1n) is 5.52. The lowest BCUT2D eigenvalue weighted by molar-refractivity contribution is 0.111. The molecule has 1 amide bonds. The number of carbonyl (C=O) groups excluding carboxylic acids is 1. The Kier molecular flexibility index (Phi) is 5.88. The number of hydrogen-bond acceptors (Lipinski definition) is 5. The Morgan fingerprint density at radius 3 is 2.63 bits per heavy atom. The maximum atomic E-state index is 11.6. The molecule has 7 heteroatoms. The molecule has 0 saturated carbocycles. The number of para-hydroxylation sites is 1. The number of carbonyl (C=O) groups is 1. The number of amides is 1. The van der Waals surface area contributed by atoms with Crippen LogP contribution in [0.4, 0.5) is 10.5 Å². The fraction of sp³-hybridized carbons (Fsp3) is 0.333. The van der Waals surface area contributed by atoms with Crippen molar-refractivity contribution in [2.75, 3.05) is 19.3 Å². The highest BCUT2D eigenvalue weighted by Gasteiger charge is 2.19. The molecule has 1 rings (SSSR count). The van der Waals surface area contributed by atoms with Gasteiger partial charge in [-0.15, -0.1) is 5.16 Å². The average Bonchev–Trinajstić information content (AvgIpc) is 2.40. The molecule has 2 radical (unpaired) electrons. The fourth-order valence-electron chi connectivity index (χ4n) is 1.39. The van der Waals surface area contributed by atoms with Crippen LogP contribution in [0, 0.1) is 0 Å². The monoisotopic (exact) mass is 262 g/mol. The zero-order chi connectivity index (χ0) is 14.3. The van der Waals surface area contributed by atoms with Crippen molar-refractivity contribution in [1.82, 2.24) is 0 Å². The lowest BCUT2D eigenvalue weighted by atomic mass is 10.1. The summed E-state index contributed by atoms with van der Waals surface area (Å²) in [6.07, 6.45) is -0.631. The minimum Gasteiger partial charge on any atom is -0.451 e. The van der Waals surface area contributed by atoms with Gasteiger partial charge in [0.2, 0.25) is 0 Å². The molecule has 0 heterocycles. The van der Waals surface area contributed by atoms with Crippen LogP contribution >= 0.6 is 0 Å². The second-order valence-electron chi connectivity index (χ2n) is 3.58. The number of methoxy groups -OCH3 is 1. The summed E-state index contributed by atoms with van der Waals surface area (Å²) in [6.45, 7) is 1.77. The number of oxime groups is 1. The molecule has 0 bridgehead atoms. The van der Waals surface area contributed by atoms with E-state index in [0.29, 0.717) is 16.9 Å². The first-order chi connectivity index (χ1) is 9.10. The smallest absolute Gasteiger partial charge is 0.438 e. The largest absolute Gasteiger partial charge is 0.451 e. The minimum absolute atomic E-state index is 0.154. The van der Waals surface area contributed by atoms with Crippen molar-refractivity contribution in [2.45, 2.75) is 13.5 Å². The van der Waals surface area contributed by atoms with Gasteiger partial charge in [-0.1, -0.05) is 18.2 Å². The molecule has 19 heavy (non-hydrogen) atoms. The van der Waals surface area contributed by atoms with Crippen LogP contribution in [-0.4, -0.2) is 33.8 Å². The van der Waals surface area contributed by atoms with Gasteiger partial charge in [-0.2, -0.15) is 5.06 Å². The van der Waals surface area contributed by atoms with E-state index in [4.69, 9.17) is 17.5 Å². The van der Waals surface area contributed by atoms with Crippen LogP contribution in [0.25, 0.3) is 0 Å². The predicted octanol–water partition coefficient (Wildman–Crippen LogP) is 1.84. The van der Waals surface area contributed by atoms with Gasteiger partial charge in [0.1, 0.15) is 14.5 Å². The molecule has 0 aliphatic carbocycles. The third-order valence-corrected chi connectivity index (χ3v) is 2.16. The molecule has 0 unspecified atom stereocenters. The van der Waals surface area contributed by atoms with Gasteiger partial charge in [0.05, 0.1) is 19.9 Å². The lowest BCUT2D eigenvalue weighted by Crippen LogP contribution is -2.30. The van der Waals surface area contributed by atoms with Gasteiger partial charge in [0.25, 0.3) is 0 Å². The van der Waals surface area contributed by atoms with Crippen molar-refractivity contribution in [3.05, 3.63) is 29.8 Å². The molecule has 6 nitrogen and oxygen atoms in total. The number of anilines is 1. The Hall–Kier alpha value is -2.02. The van der Waals surface area contributed by atoms with Crippen LogP contribution in [0.2, 0.25) is 0 Å². The molecule has 1 aromatic carbocycles. The Labute approximate surface area is 113 Å². The Balaban J connectivity index is 2.93. The van der Waals surface area contributed by atoms with Crippen molar-refractivity contribution < 1.29 is 19.2 Å². The van der Waals surface area contributed by atoms with E-state index < -0.39 is 6.09 Å². The number of nitrogens with zero attached hydrogens (tertiary/aromatic N) is 2. The summed E-state index contributed by atoms with van der Waals surface area (Å²) in [5, 5.41) is 4.66. The predicted molar refractivity (Wildman–Crippen MR) is 72.0 cm³/mol. The molecule has 1 aromatic rings. The second kappa shape index (κ2) is 7.43. The van der Waals surface area contributed by atoms with Crippen LogP contribution < -0.4 is 5.06 Å². The van der Waals surface area contributed by atoms with Crippen molar-refractivity contribution >= 4 is 25.2 Å². The summed E-state index contributed by atoms with van der Waals surface area (Å²) in [6, 6.07) is 7.07.